The van der Waals surface area contributed by atoms with E-state index in [0.29, 0.717) is 0 Å². The van der Waals surface area contributed by atoms with Crippen LogP contribution in [0.15, 0.2) is 12.1 Å². The summed E-state index contributed by atoms with van der Waals surface area (Å²) in [4.78, 5) is 9.24. The standard InChI is InChI=1S/C15H22ClN3/c1-10(2)6-5-9-19-14(12(4)16)18-13-8-7-11(3)17-15(13)19/h7-8,10,12H,5-6,9H2,1-4H3. The van der Waals surface area contributed by atoms with Crippen LogP contribution >= 0.6 is 11.6 Å². The van der Waals surface area contributed by atoms with Crippen LogP contribution in [-0.4, -0.2) is 14.5 Å². The average molecular weight is 280 g/mol. The lowest BCUT2D eigenvalue weighted by atomic mass is 10.1. The monoisotopic (exact) mass is 279 g/mol. The Morgan fingerprint density at radius 2 is 1.95 bits per heavy atom. The van der Waals surface area contributed by atoms with Crippen molar-refractivity contribution in [1.82, 2.24) is 14.5 Å². The number of hydrogen-bond donors (Lipinski definition) is 0. The van der Waals surface area contributed by atoms with E-state index in [4.69, 9.17) is 11.6 Å². The van der Waals surface area contributed by atoms with Crippen molar-refractivity contribution in [2.24, 2.45) is 5.92 Å². The summed E-state index contributed by atoms with van der Waals surface area (Å²) in [6, 6.07) is 4.02. The Kier molecular flexibility index (Phi) is 4.46. The van der Waals surface area contributed by atoms with Gasteiger partial charge >= 0.3 is 0 Å². The van der Waals surface area contributed by atoms with Gasteiger partial charge in [0, 0.05) is 12.2 Å². The van der Waals surface area contributed by atoms with Crippen LogP contribution < -0.4 is 0 Å². The van der Waals surface area contributed by atoms with Crippen LogP contribution in [0.5, 0.6) is 0 Å². The predicted octanol–water partition coefficient (Wildman–Crippen LogP) is 4.48. The van der Waals surface area contributed by atoms with Crippen molar-refractivity contribution in [2.75, 3.05) is 0 Å². The summed E-state index contributed by atoms with van der Waals surface area (Å²) in [5.74, 6) is 1.65. The molecule has 0 aliphatic rings. The highest BCUT2D eigenvalue weighted by molar-refractivity contribution is 6.20. The second kappa shape index (κ2) is 5.91. The van der Waals surface area contributed by atoms with Gasteiger partial charge in [0.1, 0.15) is 11.3 Å². The van der Waals surface area contributed by atoms with E-state index in [2.05, 4.69) is 28.4 Å². The quantitative estimate of drug-likeness (QED) is 0.756. The molecule has 3 nitrogen and oxygen atoms in total. The summed E-state index contributed by atoms with van der Waals surface area (Å²) in [6.45, 7) is 9.42. The van der Waals surface area contributed by atoms with E-state index < -0.39 is 0 Å². The normalized spacial score (nSPS) is 13.4. The molecule has 2 aromatic heterocycles. The van der Waals surface area contributed by atoms with E-state index in [1.54, 1.807) is 0 Å². The summed E-state index contributed by atoms with van der Waals surface area (Å²) in [7, 11) is 0. The minimum absolute atomic E-state index is 0.0893. The lowest BCUT2D eigenvalue weighted by molar-refractivity contribution is 0.508. The van der Waals surface area contributed by atoms with Crippen LogP contribution in [0.4, 0.5) is 0 Å². The number of pyridine rings is 1. The Morgan fingerprint density at radius 1 is 1.21 bits per heavy atom. The van der Waals surface area contributed by atoms with Gasteiger partial charge in [0.15, 0.2) is 5.65 Å². The summed E-state index contributed by atoms with van der Waals surface area (Å²) in [5.41, 5.74) is 2.93. The van der Waals surface area contributed by atoms with E-state index in [0.717, 1.165) is 41.6 Å². The van der Waals surface area contributed by atoms with Gasteiger partial charge in [-0.2, -0.15) is 0 Å². The maximum atomic E-state index is 6.25. The highest BCUT2D eigenvalue weighted by Gasteiger charge is 2.15. The second-order valence-electron chi connectivity index (χ2n) is 5.57. The predicted molar refractivity (Wildman–Crippen MR) is 80.6 cm³/mol. The van der Waals surface area contributed by atoms with E-state index >= 15 is 0 Å². The topological polar surface area (TPSA) is 30.7 Å². The molecule has 1 atom stereocenters. The zero-order valence-corrected chi connectivity index (χ0v) is 12.9. The number of fused-ring (bicyclic) bond motifs is 1. The van der Waals surface area contributed by atoms with Crippen molar-refractivity contribution in [1.29, 1.82) is 0 Å². The number of rotatable bonds is 5. The van der Waals surface area contributed by atoms with E-state index in [-0.39, 0.29) is 5.38 Å². The molecule has 2 aromatic rings. The first-order valence-corrected chi connectivity index (χ1v) is 7.40. The molecule has 0 fully saturated rings. The first kappa shape index (κ1) is 14.3. The summed E-state index contributed by atoms with van der Waals surface area (Å²) in [5, 5.41) is -0.0893. The third-order valence-electron chi connectivity index (χ3n) is 3.28. The molecule has 0 aliphatic carbocycles. The molecule has 0 radical (unpaired) electrons. The van der Waals surface area contributed by atoms with Gasteiger partial charge in [0.25, 0.3) is 0 Å². The number of imidazole rings is 1. The second-order valence-corrected chi connectivity index (χ2v) is 6.22. The van der Waals surface area contributed by atoms with Crippen molar-refractivity contribution < 1.29 is 0 Å². The fourth-order valence-corrected chi connectivity index (χ4v) is 2.46. The van der Waals surface area contributed by atoms with Gasteiger partial charge in [-0.1, -0.05) is 13.8 Å². The fraction of sp³-hybridized carbons (Fsp3) is 0.600. The summed E-state index contributed by atoms with van der Waals surface area (Å²) in [6.07, 6.45) is 2.34. The molecule has 0 saturated carbocycles. The smallest absolute Gasteiger partial charge is 0.160 e. The molecule has 2 heterocycles. The highest BCUT2D eigenvalue weighted by atomic mass is 35.5. The molecule has 4 heteroatoms. The van der Waals surface area contributed by atoms with Gasteiger partial charge in [-0.25, -0.2) is 9.97 Å². The Labute approximate surface area is 120 Å². The molecule has 2 rings (SSSR count). The maximum Gasteiger partial charge on any atom is 0.160 e. The molecule has 1 unspecified atom stereocenters. The van der Waals surface area contributed by atoms with Gasteiger partial charge in [0.2, 0.25) is 0 Å². The minimum atomic E-state index is -0.0893. The largest absolute Gasteiger partial charge is 0.311 e. The van der Waals surface area contributed by atoms with Crippen LogP contribution in [0.3, 0.4) is 0 Å². The molecule has 0 N–H and O–H groups in total. The molecule has 0 saturated heterocycles. The van der Waals surface area contributed by atoms with Crippen LogP contribution in [0.1, 0.15) is 50.5 Å². The zero-order chi connectivity index (χ0) is 14.0. The van der Waals surface area contributed by atoms with Gasteiger partial charge in [0.05, 0.1) is 5.38 Å². The van der Waals surface area contributed by atoms with Crippen LogP contribution in [-0.2, 0) is 6.54 Å². The lowest BCUT2D eigenvalue weighted by Crippen LogP contribution is -2.06. The maximum absolute atomic E-state index is 6.25. The van der Waals surface area contributed by atoms with Crippen molar-refractivity contribution >= 4 is 22.8 Å². The Balaban J connectivity index is 2.36. The van der Waals surface area contributed by atoms with Crippen LogP contribution in [0, 0.1) is 12.8 Å². The summed E-state index contributed by atoms with van der Waals surface area (Å²) >= 11 is 6.25. The third kappa shape index (κ3) is 3.27. The molecule has 0 aromatic carbocycles. The number of aromatic nitrogens is 3. The number of hydrogen-bond acceptors (Lipinski definition) is 2. The van der Waals surface area contributed by atoms with Crippen LogP contribution in [0.2, 0.25) is 0 Å². The van der Waals surface area contributed by atoms with Crippen molar-refractivity contribution in [3.8, 4) is 0 Å². The number of nitrogens with zero attached hydrogens (tertiary/aromatic N) is 3. The minimum Gasteiger partial charge on any atom is -0.311 e. The molecule has 19 heavy (non-hydrogen) atoms. The van der Waals surface area contributed by atoms with Crippen LogP contribution in [0.25, 0.3) is 11.2 Å². The SMILES string of the molecule is Cc1ccc2nc(C(C)Cl)n(CCCC(C)C)c2n1. The Hall–Kier alpha value is -1.09. The third-order valence-corrected chi connectivity index (χ3v) is 3.48. The van der Waals surface area contributed by atoms with Gasteiger partial charge in [-0.3, -0.25) is 0 Å². The Bertz CT molecular complexity index is 558. The van der Waals surface area contributed by atoms with Gasteiger partial charge in [-0.15, -0.1) is 11.6 Å². The molecule has 0 aliphatic heterocycles. The first-order valence-electron chi connectivity index (χ1n) is 6.97. The number of aryl methyl sites for hydroxylation is 2. The zero-order valence-electron chi connectivity index (χ0n) is 12.2. The van der Waals surface area contributed by atoms with Crippen molar-refractivity contribution in [2.45, 2.75) is 52.5 Å². The van der Waals surface area contributed by atoms with E-state index in [9.17, 15) is 0 Å². The van der Waals surface area contributed by atoms with Crippen molar-refractivity contribution in [3.05, 3.63) is 23.7 Å². The van der Waals surface area contributed by atoms with Gasteiger partial charge in [-0.05, 0) is 44.7 Å². The summed E-state index contributed by atoms with van der Waals surface area (Å²) < 4.78 is 2.18. The molecule has 0 bridgehead atoms. The molecule has 104 valence electrons. The Morgan fingerprint density at radius 3 is 2.58 bits per heavy atom. The molecule has 0 spiro atoms. The molecule has 0 amide bonds. The average Bonchev–Trinajstić information content (AvgIpc) is 2.67. The highest BCUT2D eigenvalue weighted by Crippen LogP contribution is 2.24. The number of halogens is 1. The number of alkyl halides is 1. The van der Waals surface area contributed by atoms with Crippen molar-refractivity contribution in [3.63, 3.8) is 0 Å². The molecular weight excluding hydrogens is 258 g/mol. The first-order chi connectivity index (χ1) is 8.99. The lowest BCUT2D eigenvalue weighted by Gasteiger charge is -2.11. The van der Waals surface area contributed by atoms with Gasteiger partial charge < -0.3 is 4.57 Å². The van der Waals surface area contributed by atoms with E-state index in [1.165, 1.54) is 6.42 Å². The molecular formula is C15H22ClN3. The van der Waals surface area contributed by atoms with E-state index in [1.807, 2.05) is 26.0 Å². The fourth-order valence-electron chi connectivity index (χ4n) is 2.30.